The largest absolute Gasteiger partial charge is 0.472 e. The molecule has 10 heteroatoms. The van der Waals surface area contributed by atoms with Gasteiger partial charge in [0.05, 0.1) is 33.8 Å². The second-order valence-electron chi connectivity index (χ2n) is 21.5. The molecular formula is C63H116N2O7P+. The number of ether oxygens (including phenoxy) is 1. The molecule has 0 saturated carbocycles. The maximum absolute atomic E-state index is 13.5. The fourth-order valence-corrected chi connectivity index (χ4v) is 9.23. The zero-order valence-electron chi connectivity index (χ0n) is 48.4. The first-order valence-electron chi connectivity index (χ1n) is 30.3. The summed E-state index contributed by atoms with van der Waals surface area (Å²) in [6, 6.07) is -0.866. The molecule has 0 heterocycles. The van der Waals surface area contributed by atoms with Crippen molar-refractivity contribution in [2.24, 2.45) is 0 Å². The van der Waals surface area contributed by atoms with E-state index in [1.165, 1.54) is 135 Å². The highest BCUT2D eigenvalue weighted by atomic mass is 31.2. The van der Waals surface area contributed by atoms with Crippen molar-refractivity contribution in [2.75, 3.05) is 40.9 Å². The predicted molar refractivity (Wildman–Crippen MR) is 314 cm³/mol. The average molecular weight is 1040 g/mol. The SMILES string of the molecule is CC/C=C\C/C=C\C/C=C\C/C=C\C/C=C\CCCCCC(=O)NC(COP(=O)(O)OCC[N+](C)(C)C)C(/C=C/CCCCCCCCCCCCC)OC(=O)CCCCCCCCCCCCCCCCC. The van der Waals surface area contributed by atoms with Crippen molar-refractivity contribution in [1.82, 2.24) is 5.32 Å². The standard InChI is InChI=1S/C63H115N2O7P/c1-7-10-13-16-19-22-25-28-30-31-32-33-35-37-40-43-46-49-52-55-62(66)64-60(59-71-73(68,69)70-58-57-65(4,5)6)61(54-51-48-45-42-39-36-27-24-21-18-15-12-9-3)72-63(67)56-53-50-47-44-41-38-34-29-26-23-20-17-14-11-8-2/h10,13,19,22,28,30,32-33,37,40,51,54,60-61H,7-9,11-12,14-18,20-21,23-27,29,31,34-36,38-39,41-50,52-53,55-59H2,1-6H3,(H-,64,66,68,69)/p+1/b13-10-,22-19-,30-28-,33-32-,40-37-,54-51+. The van der Waals surface area contributed by atoms with Crippen molar-refractivity contribution < 1.29 is 37.3 Å². The van der Waals surface area contributed by atoms with Crippen LogP contribution in [0.25, 0.3) is 0 Å². The second-order valence-corrected chi connectivity index (χ2v) is 23.0. The molecule has 0 aromatic heterocycles. The molecule has 0 aromatic carbocycles. The van der Waals surface area contributed by atoms with Gasteiger partial charge in [-0.1, -0.05) is 248 Å². The number of esters is 1. The lowest BCUT2D eigenvalue weighted by molar-refractivity contribution is -0.870. The number of nitrogens with zero attached hydrogens (tertiary/aromatic N) is 1. The molecule has 0 saturated heterocycles. The molecule has 0 bridgehead atoms. The number of amides is 1. The number of likely N-dealkylation sites (N-methyl/N-ethyl adjacent to an activating group) is 1. The van der Waals surface area contributed by atoms with E-state index in [9.17, 15) is 19.0 Å². The van der Waals surface area contributed by atoms with Crippen LogP contribution in [-0.2, 0) is 27.9 Å². The zero-order chi connectivity index (χ0) is 53.6. The number of hydrogen-bond donors (Lipinski definition) is 2. The molecule has 0 rings (SSSR count). The van der Waals surface area contributed by atoms with Gasteiger partial charge in [0.15, 0.2) is 0 Å². The summed E-state index contributed by atoms with van der Waals surface area (Å²) in [6.07, 6.45) is 67.5. The summed E-state index contributed by atoms with van der Waals surface area (Å²) in [5.74, 6) is -0.538. The monoisotopic (exact) mass is 1040 g/mol. The number of nitrogens with one attached hydrogen (secondary N) is 1. The summed E-state index contributed by atoms with van der Waals surface area (Å²) < 4.78 is 30.7. The Labute approximate surface area is 451 Å². The zero-order valence-corrected chi connectivity index (χ0v) is 49.3. The highest BCUT2D eigenvalue weighted by Crippen LogP contribution is 2.43. The molecule has 0 aliphatic rings. The van der Waals surface area contributed by atoms with Crippen LogP contribution < -0.4 is 5.32 Å². The maximum atomic E-state index is 13.5. The molecule has 0 aromatic rings. The summed E-state index contributed by atoms with van der Waals surface area (Å²) in [7, 11) is 1.47. The number of phosphoric ester groups is 1. The van der Waals surface area contributed by atoms with Crippen molar-refractivity contribution in [3.63, 3.8) is 0 Å². The van der Waals surface area contributed by atoms with Crippen LogP contribution in [0.5, 0.6) is 0 Å². The molecular weight excluding hydrogens is 928 g/mol. The van der Waals surface area contributed by atoms with E-state index in [1.54, 1.807) is 0 Å². The van der Waals surface area contributed by atoms with Gasteiger partial charge in [0.1, 0.15) is 19.3 Å². The molecule has 73 heavy (non-hydrogen) atoms. The fraction of sp³-hybridized carbons (Fsp3) is 0.778. The van der Waals surface area contributed by atoms with Crippen LogP contribution in [0.4, 0.5) is 0 Å². The molecule has 0 fully saturated rings. The lowest BCUT2D eigenvalue weighted by atomic mass is 10.0. The first-order chi connectivity index (χ1) is 35.4. The van der Waals surface area contributed by atoms with Crippen molar-refractivity contribution in [3.05, 3.63) is 72.9 Å². The topological polar surface area (TPSA) is 111 Å². The minimum atomic E-state index is -4.46. The van der Waals surface area contributed by atoms with E-state index < -0.39 is 20.0 Å². The number of quaternary nitrogens is 1. The molecule has 2 N–H and O–H groups in total. The van der Waals surface area contributed by atoms with Gasteiger partial charge in [0.25, 0.3) is 0 Å². The van der Waals surface area contributed by atoms with E-state index in [4.69, 9.17) is 13.8 Å². The van der Waals surface area contributed by atoms with Gasteiger partial charge in [-0.2, -0.15) is 0 Å². The van der Waals surface area contributed by atoms with Crippen LogP contribution >= 0.6 is 7.82 Å². The van der Waals surface area contributed by atoms with Crippen molar-refractivity contribution in [2.45, 2.75) is 277 Å². The summed E-state index contributed by atoms with van der Waals surface area (Å²) >= 11 is 0. The van der Waals surface area contributed by atoms with Crippen LogP contribution in [0.15, 0.2) is 72.9 Å². The Balaban J connectivity index is 5.38. The van der Waals surface area contributed by atoms with Gasteiger partial charge in [-0.25, -0.2) is 4.57 Å². The predicted octanol–water partition coefficient (Wildman–Crippen LogP) is 18.4. The summed E-state index contributed by atoms with van der Waals surface area (Å²) in [5, 5.41) is 3.04. The normalized spacial score (nSPS) is 14.2. The number of hydrogen-bond acceptors (Lipinski definition) is 6. The Bertz CT molecular complexity index is 1480. The van der Waals surface area contributed by atoms with Crippen LogP contribution in [0.1, 0.15) is 265 Å². The minimum Gasteiger partial charge on any atom is -0.456 e. The summed E-state index contributed by atoms with van der Waals surface area (Å²) in [4.78, 5) is 37.7. The van der Waals surface area contributed by atoms with Gasteiger partial charge in [-0.05, 0) is 76.7 Å². The van der Waals surface area contributed by atoms with E-state index in [0.717, 1.165) is 89.9 Å². The van der Waals surface area contributed by atoms with Crippen LogP contribution in [0, 0.1) is 0 Å². The van der Waals surface area contributed by atoms with Crippen molar-refractivity contribution >= 4 is 19.7 Å². The first kappa shape index (κ1) is 70.5. The van der Waals surface area contributed by atoms with E-state index in [-0.39, 0.29) is 31.5 Å². The smallest absolute Gasteiger partial charge is 0.456 e. The molecule has 9 nitrogen and oxygen atoms in total. The number of rotatable bonds is 54. The van der Waals surface area contributed by atoms with Crippen LogP contribution in [0.3, 0.4) is 0 Å². The number of allylic oxidation sites excluding steroid dienone is 11. The van der Waals surface area contributed by atoms with Gasteiger partial charge in [0.2, 0.25) is 5.91 Å². The molecule has 3 unspecified atom stereocenters. The van der Waals surface area contributed by atoms with Gasteiger partial charge in [0, 0.05) is 12.8 Å². The van der Waals surface area contributed by atoms with E-state index in [2.05, 4.69) is 86.8 Å². The molecule has 1 amide bonds. The Morgan fingerprint density at radius 3 is 1.33 bits per heavy atom. The van der Waals surface area contributed by atoms with E-state index >= 15 is 0 Å². The highest BCUT2D eigenvalue weighted by Gasteiger charge is 2.30. The van der Waals surface area contributed by atoms with Crippen LogP contribution in [0.2, 0.25) is 0 Å². The lowest BCUT2D eigenvalue weighted by Crippen LogP contribution is -2.47. The Morgan fingerprint density at radius 1 is 0.493 bits per heavy atom. The van der Waals surface area contributed by atoms with Gasteiger partial charge in [-0.3, -0.25) is 18.6 Å². The Kier molecular flexibility index (Phi) is 51.0. The Morgan fingerprint density at radius 2 is 0.877 bits per heavy atom. The molecule has 0 aliphatic carbocycles. The van der Waals surface area contributed by atoms with Gasteiger partial charge < -0.3 is 19.4 Å². The molecule has 0 aliphatic heterocycles. The van der Waals surface area contributed by atoms with E-state index in [1.807, 2.05) is 33.3 Å². The Hall–Kier alpha value is -2.55. The number of carbonyl (C=O) groups excluding carboxylic acids is 2. The number of carbonyl (C=O) groups is 2. The average Bonchev–Trinajstić information content (AvgIpc) is 3.35. The fourth-order valence-electron chi connectivity index (χ4n) is 8.50. The quantitative estimate of drug-likeness (QED) is 0.0205. The third-order valence-electron chi connectivity index (χ3n) is 13.2. The van der Waals surface area contributed by atoms with Crippen molar-refractivity contribution in [3.8, 4) is 0 Å². The third kappa shape index (κ3) is 54.1. The van der Waals surface area contributed by atoms with E-state index in [0.29, 0.717) is 23.9 Å². The molecule has 0 radical (unpaired) electrons. The minimum absolute atomic E-state index is 0.0322. The number of unbranched alkanes of at least 4 members (excludes halogenated alkanes) is 28. The van der Waals surface area contributed by atoms with Gasteiger partial charge in [-0.15, -0.1) is 0 Å². The molecule has 3 atom stereocenters. The third-order valence-corrected chi connectivity index (χ3v) is 14.1. The van der Waals surface area contributed by atoms with Gasteiger partial charge >= 0.3 is 13.8 Å². The number of phosphoric acid groups is 1. The molecule has 0 spiro atoms. The van der Waals surface area contributed by atoms with Crippen molar-refractivity contribution in [1.29, 1.82) is 0 Å². The second kappa shape index (κ2) is 52.9. The lowest BCUT2D eigenvalue weighted by Gasteiger charge is -2.27. The summed E-state index contributed by atoms with van der Waals surface area (Å²) in [6.45, 7) is 6.88. The van der Waals surface area contributed by atoms with Crippen LogP contribution in [-0.4, -0.2) is 74.3 Å². The summed E-state index contributed by atoms with van der Waals surface area (Å²) in [5.41, 5.74) is 0. The molecule has 424 valence electrons. The maximum Gasteiger partial charge on any atom is 0.472 e. The highest BCUT2D eigenvalue weighted by molar-refractivity contribution is 7.47. The first-order valence-corrected chi connectivity index (χ1v) is 31.8.